The van der Waals surface area contributed by atoms with E-state index in [2.05, 4.69) is 10.2 Å². The zero-order chi connectivity index (χ0) is 18.7. The van der Waals surface area contributed by atoms with Gasteiger partial charge < -0.3 is 5.32 Å². The van der Waals surface area contributed by atoms with E-state index in [1.807, 2.05) is 30.3 Å². The molecule has 1 amide bonds. The molecule has 1 fully saturated rings. The first kappa shape index (κ1) is 18.7. The molecular formula is C19H18ClF3N2O. The minimum Gasteiger partial charge on any atom is -0.326 e. The summed E-state index contributed by atoms with van der Waals surface area (Å²) in [5.41, 5.74) is 0.323. The highest BCUT2D eigenvalue weighted by molar-refractivity contribution is 6.31. The summed E-state index contributed by atoms with van der Waals surface area (Å²) < 4.78 is 38.8. The molecule has 0 bridgehead atoms. The number of carbonyl (C=O) groups excluding carboxylic acids is 1. The van der Waals surface area contributed by atoms with Crippen LogP contribution in [0.2, 0.25) is 5.02 Å². The lowest BCUT2D eigenvalue weighted by molar-refractivity contribution is -0.137. The summed E-state index contributed by atoms with van der Waals surface area (Å²) in [6, 6.07) is 13.3. The van der Waals surface area contributed by atoms with Crippen molar-refractivity contribution in [2.75, 3.05) is 18.4 Å². The average Bonchev–Trinajstić information content (AvgIpc) is 3.05. The number of hydrogen-bond donors (Lipinski definition) is 1. The first-order chi connectivity index (χ1) is 12.3. The molecule has 1 aliphatic rings. The lowest BCUT2D eigenvalue weighted by atomic mass is 10.1. The third-order valence-corrected chi connectivity index (χ3v) is 4.76. The Morgan fingerprint density at radius 2 is 1.92 bits per heavy atom. The molecule has 26 heavy (non-hydrogen) atoms. The highest BCUT2D eigenvalue weighted by atomic mass is 35.5. The molecule has 7 heteroatoms. The molecule has 2 aromatic carbocycles. The quantitative estimate of drug-likeness (QED) is 0.822. The average molecular weight is 383 g/mol. The van der Waals surface area contributed by atoms with E-state index in [4.69, 9.17) is 11.6 Å². The van der Waals surface area contributed by atoms with Gasteiger partial charge in [-0.15, -0.1) is 0 Å². The van der Waals surface area contributed by atoms with E-state index in [0.717, 1.165) is 25.2 Å². The first-order valence-electron chi connectivity index (χ1n) is 8.27. The van der Waals surface area contributed by atoms with Crippen molar-refractivity contribution in [1.82, 2.24) is 4.90 Å². The van der Waals surface area contributed by atoms with Gasteiger partial charge in [0.2, 0.25) is 5.91 Å². The van der Waals surface area contributed by atoms with Crippen molar-refractivity contribution in [2.45, 2.75) is 19.1 Å². The Kier molecular flexibility index (Phi) is 5.53. The van der Waals surface area contributed by atoms with Crippen LogP contribution in [-0.4, -0.2) is 23.9 Å². The number of likely N-dealkylation sites (tertiary alicyclic amines) is 1. The number of hydrogen-bond acceptors (Lipinski definition) is 2. The Labute approximate surface area is 154 Å². The van der Waals surface area contributed by atoms with Crippen LogP contribution in [0, 0.1) is 5.92 Å². The number of benzene rings is 2. The fraction of sp³-hybridized carbons (Fsp3) is 0.316. The van der Waals surface area contributed by atoms with Gasteiger partial charge in [-0.3, -0.25) is 9.69 Å². The number of nitrogens with one attached hydrogen (secondary N) is 1. The normalized spacial score (nSPS) is 18.1. The van der Waals surface area contributed by atoms with Crippen LogP contribution >= 0.6 is 11.6 Å². The number of alkyl halides is 3. The van der Waals surface area contributed by atoms with Gasteiger partial charge in [0, 0.05) is 18.8 Å². The summed E-state index contributed by atoms with van der Waals surface area (Å²) in [5, 5.41) is 2.20. The molecule has 1 heterocycles. The second-order valence-electron chi connectivity index (χ2n) is 6.39. The maximum atomic E-state index is 12.9. The zero-order valence-corrected chi connectivity index (χ0v) is 14.6. The summed E-state index contributed by atoms with van der Waals surface area (Å²) in [5.74, 6) is -0.514. The lowest BCUT2D eigenvalue weighted by Crippen LogP contribution is -2.27. The summed E-state index contributed by atoms with van der Waals surface area (Å²) in [6.07, 6.45) is -3.88. The highest BCUT2D eigenvalue weighted by Gasteiger charge is 2.34. The fourth-order valence-electron chi connectivity index (χ4n) is 3.10. The lowest BCUT2D eigenvalue weighted by Gasteiger charge is -2.16. The van der Waals surface area contributed by atoms with Crippen molar-refractivity contribution in [1.29, 1.82) is 0 Å². The molecule has 3 rings (SSSR count). The van der Waals surface area contributed by atoms with Crippen LogP contribution in [0.5, 0.6) is 0 Å². The molecule has 0 aromatic heterocycles. The minimum atomic E-state index is -4.56. The van der Waals surface area contributed by atoms with Crippen molar-refractivity contribution < 1.29 is 18.0 Å². The summed E-state index contributed by atoms with van der Waals surface area (Å²) in [6.45, 7) is 2.12. The SMILES string of the molecule is O=C(Nc1ccc(Cl)c(C(F)(F)F)c1)C1CCN(Cc2ccccc2)C1. The second kappa shape index (κ2) is 7.68. The van der Waals surface area contributed by atoms with Gasteiger partial charge in [0.05, 0.1) is 16.5 Å². The molecule has 1 unspecified atom stereocenters. The van der Waals surface area contributed by atoms with E-state index in [1.54, 1.807) is 0 Å². The van der Waals surface area contributed by atoms with Crippen LogP contribution in [0.1, 0.15) is 17.5 Å². The van der Waals surface area contributed by atoms with Crippen molar-refractivity contribution in [2.24, 2.45) is 5.92 Å². The maximum Gasteiger partial charge on any atom is 0.417 e. The zero-order valence-electron chi connectivity index (χ0n) is 13.9. The molecule has 0 radical (unpaired) electrons. The Bertz CT molecular complexity index is 780. The number of amides is 1. The third kappa shape index (κ3) is 4.56. The smallest absolute Gasteiger partial charge is 0.326 e. The van der Waals surface area contributed by atoms with Crippen LogP contribution < -0.4 is 5.32 Å². The Balaban J connectivity index is 1.61. The molecule has 1 aliphatic heterocycles. The molecule has 1 N–H and O–H groups in total. The summed E-state index contributed by atoms with van der Waals surface area (Å²) >= 11 is 5.60. The van der Waals surface area contributed by atoms with Crippen molar-refractivity contribution in [3.8, 4) is 0 Å². The molecule has 1 atom stereocenters. The Morgan fingerprint density at radius 1 is 1.19 bits per heavy atom. The van der Waals surface area contributed by atoms with Gasteiger partial charge >= 0.3 is 6.18 Å². The van der Waals surface area contributed by atoms with Gasteiger partial charge in [0.15, 0.2) is 0 Å². The Hall–Kier alpha value is -2.05. The third-order valence-electron chi connectivity index (χ3n) is 4.43. The summed E-state index contributed by atoms with van der Waals surface area (Å²) in [4.78, 5) is 14.6. The van der Waals surface area contributed by atoms with Gasteiger partial charge in [-0.2, -0.15) is 13.2 Å². The van der Waals surface area contributed by atoms with Gasteiger partial charge in [0.1, 0.15) is 0 Å². The Morgan fingerprint density at radius 3 is 2.62 bits per heavy atom. The van der Waals surface area contributed by atoms with Gasteiger partial charge in [0.25, 0.3) is 0 Å². The van der Waals surface area contributed by atoms with Crippen molar-refractivity contribution in [3.05, 3.63) is 64.7 Å². The topological polar surface area (TPSA) is 32.3 Å². The van der Waals surface area contributed by atoms with Crippen molar-refractivity contribution >= 4 is 23.2 Å². The predicted molar refractivity (Wildman–Crippen MR) is 94.9 cm³/mol. The largest absolute Gasteiger partial charge is 0.417 e. The van der Waals surface area contributed by atoms with E-state index in [-0.39, 0.29) is 22.5 Å². The monoisotopic (exact) mass is 382 g/mol. The standard InChI is InChI=1S/C19H18ClF3N2O/c20-17-7-6-15(10-16(17)19(21,22)23)24-18(26)14-8-9-25(12-14)11-13-4-2-1-3-5-13/h1-7,10,14H,8-9,11-12H2,(H,24,26). The van der Waals surface area contributed by atoms with Crippen LogP contribution in [0.15, 0.2) is 48.5 Å². The van der Waals surface area contributed by atoms with Crippen LogP contribution in [-0.2, 0) is 17.5 Å². The number of nitrogens with zero attached hydrogens (tertiary/aromatic N) is 1. The predicted octanol–water partition coefficient (Wildman–Crippen LogP) is 4.82. The minimum absolute atomic E-state index is 0.105. The van der Waals surface area contributed by atoms with Crippen LogP contribution in [0.4, 0.5) is 18.9 Å². The maximum absolute atomic E-state index is 12.9. The molecule has 0 spiro atoms. The fourth-order valence-corrected chi connectivity index (χ4v) is 3.32. The van der Waals surface area contributed by atoms with E-state index in [9.17, 15) is 18.0 Å². The molecule has 138 valence electrons. The molecule has 3 nitrogen and oxygen atoms in total. The van der Waals surface area contributed by atoms with Gasteiger partial charge in [-0.1, -0.05) is 41.9 Å². The van der Waals surface area contributed by atoms with E-state index in [1.165, 1.54) is 11.6 Å². The van der Waals surface area contributed by atoms with Gasteiger partial charge in [-0.25, -0.2) is 0 Å². The highest BCUT2D eigenvalue weighted by Crippen LogP contribution is 2.36. The molecule has 0 aliphatic carbocycles. The number of carbonyl (C=O) groups is 1. The molecule has 0 saturated carbocycles. The first-order valence-corrected chi connectivity index (χ1v) is 8.64. The van der Waals surface area contributed by atoms with Crippen LogP contribution in [0.25, 0.3) is 0 Å². The molecular weight excluding hydrogens is 365 g/mol. The van der Waals surface area contributed by atoms with E-state index in [0.29, 0.717) is 13.0 Å². The van der Waals surface area contributed by atoms with E-state index < -0.39 is 11.7 Å². The molecule has 2 aromatic rings. The van der Waals surface area contributed by atoms with Crippen molar-refractivity contribution in [3.63, 3.8) is 0 Å². The number of halogens is 4. The molecule has 1 saturated heterocycles. The second-order valence-corrected chi connectivity index (χ2v) is 6.80. The number of rotatable bonds is 4. The summed E-state index contributed by atoms with van der Waals surface area (Å²) in [7, 11) is 0. The van der Waals surface area contributed by atoms with Gasteiger partial charge in [-0.05, 0) is 36.7 Å². The number of anilines is 1. The van der Waals surface area contributed by atoms with Crippen LogP contribution in [0.3, 0.4) is 0 Å². The van der Waals surface area contributed by atoms with E-state index >= 15 is 0 Å².